The van der Waals surface area contributed by atoms with Gasteiger partial charge in [0.15, 0.2) is 11.0 Å². The highest BCUT2D eigenvalue weighted by Gasteiger charge is 2.18. The number of hydrogen-bond acceptors (Lipinski definition) is 9. The van der Waals surface area contributed by atoms with Crippen LogP contribution in [0.5, 0.6) is 11.5 Å². The molecule has 11 heteroatoms. The van der Waals surface area contributed by atoms with E-state index in [0.29, 0.717) is 34.0 Å². The number of carbonyl (C=O) groups is 2. The van der Waals surface area contributed by atoms with Gasteiger partial charge >= 0.3 is 0 Å². The highest BCUT2D eigenvalue weighted by atomic mass is 16.5. The first kappa shape index (κ1) is 31.7. The third-order valence-electron chi connectivity index (χ3n) is 7.64. The highest BCUT2D eigenvalue weighted by Crippen LogP contribution is 2.24. The molecule has 0 saturated heterocycles. The summed E-state index contributed by atoms with van der Waals surface area (Å²) in [5.74, 6) is 0.00948. The second-order valence-electron chi connectivity index (χ2n) is 11.1. The van der Waals surface area contributed by atoms with Crippen LogP contribution < -0.4 is 15.7 Å². The van der Waals surface area contributed by atoms with Crippen molar-refractivity contribution >= 4 is 11.6 Å². The lowest BCUT2D eigenvalue weighted by atomic mass is 10.1. The molecule has 0 atom stereocenters. The van der Waals surface area contributed by atoms with Crippen molar-refractivity contribution in [3.05, 3.63) is 165 Å². The number of hydrogen-bond donors (Lipinski definition) is 2. The van der Waals surface area contributed by atoms with Crippen LogP contribution in [-0.4, -0.2) is 31.1 Å². The fraction of sp³-hybridized carbons (Fsp3) is 0.0526. The largest absolute Gasteiger partial charge is 0.457 e. The minimum Gasteiger partial charge on any atom is -0.457 e. The maximum atomic E-state index is 13.4. The first-order chi connectivity index (χ1) is 23.6. The van der Waals surface area contributed by atoms with Crippen molar-refractivity contribution in [3.63, 3.8) is 0 Å². The predicted molar refractivity (Wildman–Crippen MR) is 178 cm³/mol. The first-order valence-corrected chi connectivity index (χ1v) is 14.9. The molecular formula is C38H26N8O3. The van der Waals surface area contributed by atoms with Crippen LogP contribution in [0, 0.1) is 47.3 Å². The third-order valence-corrected chi connectivity index (χ3v) is 7.64. The van der Waals surface area contributed by atoms with Gasteiger partial charge in [0.05, 0.1) is 22.5 Å². The van der Waals surface area contributed by atoms with E-state index in [-0.39, 0.29) is 33.5 Å². The summed E-state index contributed by atoms with van der Waals surface area (Å²) in [5.41, 5.74) is 3.57. The van der Waals surface area contributed by atoms with Gasteiger partial charge in [0.2, 0.25) is 11.6 Å². The van der Waals surface area contributed by atoms with Gasteiger partial charge in [-0.1, -0.05) is 35.4 Å². The molecule has 2 heterocycles. The quantitative estimate of drug-likeness (QED) is 0.202. The maximum Gasteiger partial charge on any atom is 0.213 e. The van der Waals surface area contributed by atoms with E-state index in [0.717, 1.165) is 11.1 Å². The number of benzene rings is 4. The molecule has 0 aliphatic heterocycles. The molecule has 6 rings (SSSR count). The molecule has 0 radical (unpaired) electrons. The fourth-order valence-corrected chi connectivity index (χ4v) is 4.93. The molecule has 0 bridgehead atoms. The summed E-state index contributed by atoms with van der Waals surface area (Å²) in [7, 11) is 0. The van der Waals surface area contributed by atoms with Gasteiger partial charge in [-0.15, -0.1) is 0 Å². The average Bonchev–Trinajstić information content (AvgIpc) is 3.13. The van der Waals surface area contributed by atoms with Gasteiger partial charge in [-0.05, 0) is 98.8 Å². The van der Waals surface area contributed by atoms with E-state index in [2.05, 4.69) is 10.2 Å². The Balaban J connectivity index is 1.19. The average molecular weight is 643 g/mol. The number of ether oxygens (including phenoxy) is 1. The van der Waals surface area contributed by atoms with Crippen molar-refractivity contribution in [2.45, 2.75) is 13.8 Å². The van der Waals surface area contributed by atoms with Crippen LogP contribution in [0.3, 0.4) is 0 Å². The Kier molecular flexibility index (Phi) is 8.57. The number of ketones is 2. The van der Waals surface area contributed by atoms with Gasteiger partial charge in [-0.25, -0.2) is 9.36 Å². The van der Waals surface area contributed by atoms with Crippen molar-refractivity contribution < 1.29 is 14.3 Å². The zero-order chi connectivity index (χ0) is 34.7. The van der Waals surface area contributed by atoms with E-state index in [1.165, 1.54) is 21.5 Å². The topological polar surface area (TPSA) is 174 Å². The van der Waals surface area contributed by atoms with Crippen molar-refractivity contribution in [1.29, 1.82) is 21.3 Å². The Hall–Kier alpha value is -7.24. The number of nitrogens with zero attached hydrogens (tertiary/aromatic N) is 6. The molecule has 0 aliphatic carbocycles. The van der Waals surface area contributed by atoms with Crippen molar-refractivity contribution in [3.8, 4) is 35.0 Å². The van der Waals surface area contributed by atoms with E-state index in [4.69, 9.17) is 15.6 Å². The number of aryl methyl sites for hydroxylation is 2. The van der Waals surface area contributed by atoms with Crippen LogP contribution in [0.4, 0.5) is 0 Å². The van der Waals surface area contributed by atoms with Gasteiger partial charge in [0.1, 0.15) is 35.0 Å². The second-order valence-corrected chi connectivity index (χ2v) is 11.1. The summed E-state index contributed by atoms with van der Waals surface area (Å²) in [6.07, 6.45) is 0. The zero-order valence-electron chi connectivity index (χ0n) is 26.3. The van der Waals surface area contributed by atoms with Crippen molar-refractivity contribution in [2.24, 2.45) is 0 Å². The van der Waals surface area contributed by atoms with Crippen LogP contribution in [0.1, 0.15) is 54.4 Å². The van der Waals surface area contributed by atoms with Crippen LogP contribution >= 0.6 is 0 Å². The standard InChI is InChI=1S/C38H26N8O3/c1-23-3-11-29(12-4-23)45-37(41)27(21-39)19-33(43-45)35(47)25-7-15-31(16-8-25)49-32-17-9-26(10-18-32)36(48)34-20-28(22-40)38(42)46(44-34)30-13-5-24(2)6-14-30/h3-20,41-42H,1-2H3. The minimum absolute atomic E-state index is 0.0141. The smallest absolute Gasteiger partial charge is 0.213 e. The molecule has 0 amide bonds. The molecule has 4 aromatic carbocycles. The van der Waals surface area contributed by atoms with E-state index >= 15 is 0 Å². The maximum absolute atomic E-state index is 13.4. The molecule has 0 unspecified atom stereocenters. The van der Waals surface area contributed by atoms with E-state index in [1.54, 1.807) is 72.8 Å². The lowest BCUT2D eigenvalue weighted by Gasteiger charge is -2.11. The van der Waals surface area contributed by atoms with Gasteiger partial charge in [0.25, 0.3) is 0 Å². The summed E-state index contributed by atoms with van der Waals surface area (Å²) in [5, 5.41) is 44.7. The van der Waals surface area contributed by atoms with Crippen LogP contribution in [0.25, 0.3) is 11.4 Å². The molecular weight excluding hydrogens is 616 g/mol. The molecule has 2 aromatic heterocycles. The Morgan fingerprint density at radius 2 is 0.939 bits per heavy atom. The lowest BCUT2D eigenvalue weighted by molar-refractivity contribution is 0.102. The van der Waals surface area contributed by atoms with Gasteiger partial charge < -0.3 is 4.74 Å². The third kappa shape index (κ3) is 6.54. The predicted octanol–water partition coefficient (Wildman–Crippen LogP) is 5.63. The molecule has 0 aliphatic rings. The summed E-state index contributed by atoms with van der Waals surface area (Å²) in [4.78, 5) is 26.7. The highest BCUT2D eigenvalue weighted by molar-refractivity contribution is 6.08. The number of rotatable bonds is 8. The molecule has 6 aromatic rings. The Bertz CT molecular complexity index is 2270. The molecule has 236 valence electrons. The monoisotopic (exact) mass is 642 g/mol. The second kappa shape index (κ2) is 13.2. The number of carbonyl (C=O) groups excluding carboxylic acids is 2. The molecule has 0 spiro atoms. The summed E-state index contributed by atoms with van der Waals surface area (Å²) in [6, 6.07) is 33.8. The summed E-state index contributed by atoms with van der Waals surface area (Å²) in [6.45, 7) is 3.86. The summed E-state index contributed by atoms with van der Waals surface area (Å²) >= 11 is 0. The molecule has 49 heavy (non-hydrogen) atoms. The zero-order valence-corrected chi connectivity index (χ0v) is 26.3. The Labute approximate surface area is 280 Å². The van der Waals surface area contributed by atoms with E-state index < -0.39 is 11.6 Å². The van der Waals surface area contributed by atoms with Gasteiger partial charge in [-0.2, -0.15) is 20.7 Å². The number of nitrogens with one attached hydrogen (secondary N) is 2. The molecule has 0 saturated carbocycles. The van der Waals surface area contributed by atoms with Crippen LogP contribution in [-0.2, 0) is 0 Å². The number of nitriles is 2. The Morgan fingerprint density at radius 3 is 1.27 bits per heavy atom. The normalized spacial score (nSPS) is 10.5. The van der Waals surface area contributed by atoms with Gasteiger partial charge in [0, 0.05) is 11.1 Å². The van der Waals surface area contributed by atoms with Crippen molar-refractivity contribution in [2.75, 3.05) is 0 Å². The molecule has 2 N–H and O–H groups in total. The van der Waals surface area contributed by atoms with E-state index in [9.17, 15) is 20.1 Å². The van der Waals surface area contributed by atoms with Gasteiger partial charge in [-0.3, -0.25) is 20.4 Å². The lowest BCUT2D eigenvalue weighted by Crippen LogP contribution is -2.26. The van der Waals surface area contributed by atoms with Crippen molar-refractivity contribution in [1.82, 2.24) is 19.6 Å². The van der Waals surface area contributed by atoms with Crippen LogP contribution in [0.2, 0.25) is 0 Å². The summed E-state index contributed by atoms with van der Waals surface area (Å²) < 4.78 is 8.47. The SMILES string of the molecule is Cc1ccc(-n2nc(C(=O)c3ccc(Oc4ccc(C(=O)c5cc(C#N)c(=N)n(-c6ccc(C)cc6)n5)cc4)cc3)cc(C#N)c2=N)cc1. The minimum atomic E-state index is -0.429. The molecule has 11 nitrogen and oxygen atoms in total. The fourth-order valence-electron chi connectivity index (χ4n) is 4.93. The first-order valence-electron chi connectivity index (χ1n) is 14.9. The molecule has 0 fully saturated rings. The van der Waals surface area contributed by atoms with E-state index in [1.807, 2.05) is 50.3 Å². The Morgan fingerprint density at radius 1 is 0.592 bits per heavy atom. The number of aromatic nitrogens is 4. The van der Waals surface area contributed by atoms with Crippen LogP contribution in [0.15, 0.2) is 109 Å².